The number of anilines is 1. The van der Waals surface area contributed by atoms with Gasteiger partial charge in [0.05, 0.1) is 4.92 Å². The molecular weight excluding hydrogens is 253 g/mol. The number of halogens is 1. The van der Waals surface area contributed by atoms with E-state index in [4.69, 9.17) is 5.73 Å². The lowest BCUT2D eigenvalue weighted by molar-refractivity contribution is -0.384. The summed E-state index contributed by atoms with van der Waals surface area (Å²) < 4.78 is 13.6. The van der Waals surface area contributed by atoms with E-state index in [1.165, 1.54) is 0 Å². The Morgan fingerprint density at radius 1 is 1.53 bits per heavy atom. The summed E-state index contributed by atoms with van der Waals surface area (Å²) in [7, 11) is 0. The van der Waals surface area contributed by atoms with E-state index in [1.54, 1.807) is 0 Å². The summed E-state index contributed by atoms with van der Waals surface area (Å²) in [5.41, 5.74) is 4.15. The van der Waals surface area contributed by atoms with E-state index >= 15 is 0 Å². The molecule has 2 rings (SSSR count). The molecule has 0 unspecified atom stereocenters. The molecule has 1 aromatic rings. The molecule has 3 N–H and O–H groups in total. The molecule has 1 fully saturated rings. The van der Waals surface area contributed by atoms with Crippen molar-refractivity contribution in [3.05, 3.63) is 33.6 Å². The summed E-state index contributed by atoms with van der Waals surface area (Å²) >= 11 is 0. The van der Waals surface area contributed by atoms with Gasteiger partial charge in [0, 0.05) is 12.6 Å². The molecule has 6 nitrogen and oxygen atoms in total. The van der Waals surface area contributed by atoms with Crippen molar-refractivity contribution in [1.82, 2.24) is 5.32 Å². The smallest absolute Gasteiger partial charge is 0.293 e. The van der Waals surface area contributed by atoms with Crippen LogP contribution in [0.2, 0.25) is 0 Å². The lowest BCUT2D eigenvalue weighted by Crippen LogP contribution is -2.33. The summed E-state index contributed by atoms with van der Waals surface area (Å²) in [6.45, 7) is 0.445. The van der Waals surface area contributed by atoms with Crippen molar-refractivity contribution in [2.24, 2.45) is 5.92 Å². The molecule has 0 bridgehead atoms. The van der Waals surface area contributed by atoms with E-state index in [0.29, 0.717) is 12.5 Å². The van der Waals surface area contributed by atoms with Gasteiger partial charge in [-0.1, -0.05) is 6.42 Å². The molecule has 0 spiro atoms. The molecule has 1 aliphatic carbocycles. The Hall–Kier alpha value is -2.18. The van der Waals surface area contributed by atoms with Crippen LogP contribution in [0.1, 0.15) is 29.6 Å². The molecule has 0 radical (unpaired) electrons. The van der Waals surface area contributed by atoms with Gasteiger partial charge in [-0.25, -0.2) is 4.39 Å². The molecule has 0 saturated heterocycles. The normalized spacial score (nSPS) is 14.8. The van der Waals surface area contributed by atoms with Crippen molar-refractivity contribution < 1.29 is 14.1 Å². The maximum absolute atomic E-state index is 13.6. The fourth-order valence-corrected chi connectivity index (χ4v) is 1.99. The van der Waals surface area contributed by atoms with Crippen LogP contribution >= 0.6 is 0 Å². The standard InChI is InChI=1S/C12H14FN3O3/c13-8-4-5-9(16(18)19)11(14)10(8)12(17)15-6-7-2-1-3-7/h4-5,7H,1-3,6,14H2,(H,15,17). The Balaban J connectivity index is 2.19. The van der Waals surface area contributed by atoms with Gasteiger partial charge in [0.15, 0.2) is 0 Å². The summed E-state index contributed by atoms with van der Waals surface area (Å²) in [6, 6.07) is 1.83. The zero-order valence-corrected chi connectivity index (χ0v) is 10.2. The van der Waals surface area contributed by atoms with Gasteiger partial charge in [-0.2, -0.15) is 0 Å². The van der Waals surface area contributed by atoms with E-state index < -0.39 is 33.6 Å². The molecule has 1 aliphatic rings. The van der Waals surface area contributed by atoms with Gasteiger partial charge >= 0.3 is 0 Å². The van der Waals surface area contributed by atoms with Crippen LogP contribution in [0.15, 0.2) is 12.1 Å². The van der Waals surface area contributed by atoms with E-state index in [1.807, 2.05) is 0 Å². The SMILES string of the molecule is Nc1c([N+](=O)[O-])ccc(F)c1C(=O)NCC1CCC1. The molecule has 0 atom stereocenters. The van der Waals surface area contributed by atoms with Crippen LogP contribution in [0.4, 0.5) is 15.8 Å². The van der Waals surface area contributed by atoms with Crippen LogP contribution in [0.25, 0.3) is 0 Å². The zero-order chi connectivity index (χ0) is 14.0. The first-order valence-electron chi connectivity index (χ1n) is 6.01. The van der Waals surface area contributed by atoms with Gasteiger partial charge in [0.2, 0.25) is 0 Å². The second-order valence-corrected chi connectivity index (χ2v) is 4.62. The average molecular weight is 267 g/mol. The van der Waals surface area contributed by atoms with E-state index in [-0.39, 0.29) is 0 Å². The lowest BCUT2D eigenvalue weighted by atomic mass is 9.85. The Labute approximate surface area is 108 Å². The number of nitro groups is 1. The van der Waals surface area contributed by atoms with Gasteiger partial charge < -0.3 is 11.1 Å². The second kappa shape index (κ2) is 5.21. The van der Waals surface area contributed by atoms with Crippen molar-refractivity contribution >= 4 is 17.3 Å². The lowest BCUT2D eigenvalue weighted by Gasteiger charge is -2.25. The number of amides is 1. The molecule has 102 valence electrons. The number of benzene rings is 1. The summed E-state index contributed by atoms with van der Waals surface area (Å²) in [4.78, 5) is 21.8. The number of hydrogen-bond acceptors (Lipinski definition) is 4. The second-order valence-electron chi connectivity index (χ2n) is 4.62. The molecule has 1 saturated carbocycles. The predicted octanol–water partition coefficient (Wildman–Crippen LogP) is 1.85. The molecule has 19 heavy (non-hydrogen) atoms. The minimum absolute atomic E-state index is 0.409. The molecule has 0 heterocycles. The number of nitrogen functional groups attached to an aromatic ring is 1. The highest BCUT2D eigenvalue weighted by atomic mass is 19.1. The van der Waals surface area contributed by atoms with Gasteiger partial charge in [-0.3, -0.25) is 14.9 Å². The van der Waals surface area contributed by atoms with Gasteiger partial charge in [0.1, 0.15) is 17.1 Å². The van der Waals surface area contributed by atoms with Crippen molar-refractivity contribution in [3.8, 4) is 0 Å². The minimum atomic E-state index is -0.853. The van der Waals surface area contributed by atoms with Crippen LogP contribution < -0.4 is 11.1 Å². The number of nitrogens with two attached hydrogens (primary N) is 1. The van der Waals surface area contributed by atoms with E-state index in [9.17, 15) is 19.3 Å². The fourth-order valence-electron chi connectivity index (χ4n) is 1.99. The van der Waals surface area contributed by atoms with Gasteiger partial charge in [0.25, 0.3) is 11.6 Å². The summed E-state index contributed by atoms with van der Waals surface area (Å²) in [6.07, 6.45) is 3.20. The topological polar surface area (TPSA) is 98.3 Å². The van der Waals surface area contributed by atoms with Gasteiger partial charge in [-0.05, 0) is 24.8 Å². The maximum atomic E-state index is 13.6. The Bertz CT molecular complexity index is 529. The molecule has 0 aliphatic heterocycles. The number of hydrogen-bond donors (Lipinski definition) is 2. The highest BCUT2D eigenvalue weighted by Gasteiger charge is 2.25. The highest BCUT2D eigenvalue weighted by Crippen LogP contribution is 2.28. The van der Waals surface area contributed by atoms with E-state index in [0.717, 1.165) is 31.4 Å². The molecule has 1 amide bonds. The van der Waals surface area contributed by atoms with Crippen molar-refractivity contribution in [2.45, 2.75) is 19.3 Å². The van der Waals surface area contributed by atoms with Crippen molar-refractivity contribution in [1.29, 1.82) is 0 Å². The first-order valence-corrected chi connectivity index (χ1v) is 6.01. The number of nitro benzene ring substituents is 1. The first kappa shape index (κ1) is 13.3. The molecular formula is C12H14FN3O3. The zero-order valence-electron chi connectivity index (χ0n) is 10.2. The summed E-state index contributed by atoms with van der Waals surface area (Å²) in [5, 5.41) is 13.3. The minimum Gasteiger partial charge on any atom is -0.392 e. The van der Waals surface area contributed by atoms with Crippen LogP contribution in [-0.2, 0) is 0 Å². The fraction of sp³-hybridized carbons (Fsp3) is 0.417. The molecule has 1 aromatic carbocycles. The average Bonchev–Trinajstić information content (AvgIpc) is 2.26. The monoisotopic (exact) mass is 267 g/mol. The van der Waals surface area contributed by atoms with Crippen LogP contribution in [0.3, 0.4) is 0 Å². The number of carbonyl (C=O) groups excluding carboxylic acids is 1. The maximum Gasteiger partial charge on any atom is 0.293 e. The largest absolute Gasteiger partial charge is 0.392 e. The quantitative estimate of drug-likeness (QED) is 0.494. The van der Waals surface area contributed by atoms with Crippen molar-refractivity contribution in [2.75, 3.05) is 12.3 Å². The van der Waals surface area contributed by atoms with Crippen molar-refractivity contribution in [3.63, 3.8) is 0 Å². The highest BCUT2D eigenvalue weighted by molar-refractivity contribution is 6.01. The molecule has 0 aromatic heterocycles. The number of nitrogens with zero attached hydrogens (tertiary/aromatic N) is 1. The third-order valence-corrected chi connectivity index (χ3v) is 3.37. The first-order chi connectivity index (χ1) is 9.00. The number of rotatable bonds is 4. The number of nitrogens with one attached hydrogen (secondary N) is 1. The Morgan fingerprint density at radius 3 is 2.74 bits per heavy atom. The third kappa shape index (κ3) is 2.64. The van der Waals surface area contributed by atoms with E-state index in [2.05, 4.69) is 5.32 Å². The predicted molar refractivity (Wildman–Crippen MR) is 67.1 cm³/mol. The van der Waals surface area contributed by atoms with Crippen LogP contribution in [-0.4, -0.2) is 17.4 Å². The van der Waals surface area contributed by atoms with Gasteiger partial charge in [-0.15, -0.1) is 0 Å². The number of carbonyl (C=O) groups is 1. The summed E-state index contributed by atoms with van der Waals surface area (Å²) in [5.74, 6) is -1.15. The van der Waals surface area contributed by atoms with Crippen LogP contribution in [0.5, 0.6) is 0 Å². The van der Waals surface area contributed by atoms with Crippen LogP contribution in [0, 0.1) is 21.8 Å². The molecule has 7 heteroatoms. The third-order valence-electron chi connectivity index (χ3n) is 3.37. The Morgan fingerprint density at radius 2 is 2.21 bits per heavy atom. The Kier molecular flexibility index (Phi) is 3.64.